The maximum absolute atomic E-state index is 15.9. The summed E-state index contributed by atoms with van der Waals surface area (Å²) in [5.74, 6) is -2.40. The lowest BCUT2D eigenvalue weighted by Crippen LogP contribution is -2.74. The summed E-state index contributed by atoms with van der Waals surface area (Å²) in [6.45, 7) is 14.6. The van der Waals surface area contributed by atoms with E-state index in [2.05, 4.69) is 22.0 Å². The van der Waals surface area contributed by atoms with Gasteiger partial charge in [-0.05, 0) is 72.0 Å². The Balaban J connectivity index is 1.02. The van der Waals surface area contributed by atoms with Crippen molar-refractivity contribution in [2.75, 3.05) is 26.4 Å². The number of ether oxygens (including phenoxy) is 3. The first-order valence-electron chi connectivity index (χ1n) is 21.0. The molecule has 2 amide bonds. The second kappa shape index (κ2) is 19.3. The Morgan fingerprint density at radius 3 is 2.17 bits per heavy atom. The molecule has 1 saturated carbocycles. The van der Waals surface area contributed by atoms with E-state index in [1.807, 2.05) is 54.5 Å². The summed E-state index contributed by atoms with van der Waals surface area (Å²) in [6.07, 6.45) is 0.103. The molecule has 1 saturated heterocycles. The first-order valence-corrected chi connectivity index (χ1v) is 22.1. The molecule has 0 spiro atoms. The fourth-order valence-corrected chi connectivity index (χ4v) is 10.3. The van der Waals surface area contributed by atoms with Crippen LogP contribution in [0.15, 0.2) is 78.9 Å². The van der Waals surface area contributed by atoms with E-state index in [0.717, 1.165) is 6.07 Å². The summed E-state index contributed by atoms with van der Waals surface area (Å²) in [5.41, 5.74) is -2.13. The van der Waals surface area contributed by atoms with Crippen LogP contribution >= 0.6 is 34.8 Å². The average molecular weight is 935 g/mol. The highest BCUT2D eigenvalue weighted by Gasteiger charge is 2.64. The van der Waals surface area contributed by atoms with Gasteiger partial charge in [0.05, 0.1) is 40.9 Å². The number of hydrogen-bond acceptors (Lipinski definition) is 8. The van der Waals surface area contributed by atoms with Crippen molar-refractivity contribution in [3.63, 3.8) is 0 Å². The first kappa shape index (κ1) is 48.5. The van der Waals surface area contributed by atoms with Crippen molar-refractivity contribution in [2.24, 2.45) is 16.2 Å². The number of hydrogen-bond donors (Lipinski definition) is 3. The lowest BCUT2D eigenvalue weighted by Gasteiger charge is -2.63. The lowest BCUT2D eigenvalue weighted by molar-refractivity contribution is -0.164. The summed E-state index contributed by atoms with van der Waals surface area (Å²) >= 11 is 18.6. The molecule has 4 atom stereocenters. The van der Waals surface area contributed by atoms with Crippen molar-refractivity contribution in [1.29, 1.82) is 10.5 Å². The molecule has 3 N–H and O–H groups in total. The third-order valence-corrected chi connectivity index (χ3v) is 13.2. The number of benzene rings is 4. The third kappa shape index (κ3) is 9.83. The number of amides is 2. The summed E-state index contributed by atoms with van der Waals surface area (Å²) in [7, 11) is 0. The molecule has 0 unspecified atom stereocenters. The minimum absolute atomic E-state index is 0.00259. The number of halogens is 5. The van der Waals surface area contributed by atoms with Gasteiger partial charge in [-0.1, -0.05) is 101 Å². The van der Waals surface area contributed by atoms with Gasteiger partial charge in [0.2, 0.25) is 5.91 Å². The van der Waals surface area contributed by atoms with Crippen LogP contribution in [-0.2, 0) is 14.9 Å². The normalized spacial score (nSPS) is 23.2. The van der Waals surface area contributed by atoms with E-state index < -0.39 is 51.8 Å². The summed E-state index contributed by atoms with van der Waals surface area (Å²) in [6, 6.07) is 22.4. The zero-order valence-corrected chi connectivity index (χ0v) is 39.0. The van der Waals surface area contributed by atoms with Crippen LogP contribution in [0.4, 0.5) is 8.78 Å². The zero-order valence-electron chi connectivity index (χ0n) is 36.8. The predicted molar refractivity (Wildman–Crippen MR) is 243 cm³/mol. The molecule has 15 heteroatoms. The van der Waals surface area contributed by atoms with Crippen molar-refractivity contribution in [3.05, 3.63) is 128 Å². The minimum Gasteiger partial charge on any atom is -0.491 e. The lowest BCUT2D eigenvalue weighted by atomic mass is 9.49. The summed E-state index contributed by atoms with van der Waals surface area (Å²) in [5, 5.41) is 29.8. The highest BCUT2D eigenvalue weighted by atomic mass is 35.5. The van der Waals surface area contributed by atoms with Gasteiger partial charge < -0.3 is 30.2 Å². The van der Waals surface area contributed by atoms with Crippen LogP contribution < -0.4 is 25.4 Å². The van der Waals surface area contributed by atoms with E-state index in [1.165, 1.54) is 30.3 Å². The maximum Gasteiger partial charge on any atom is 0.251 e. The van der Waals surface area contributed by atoms with Crippen molar-refractivity contribution in [2.45, 2.75) is 90.4 Å². The van der Waals surface area contributed by atoms with Crippen LogP contribution in [0.5, 0.6) is 11.5 Å². The Morgan fingerprint density at radius 1 is 0.859 bits per heavy atom. The fraction of sp³-hybridized carbons (Fsp3) is 0.429. The molecule has 0 radical (unpaired) electrons. The largest absolute Gasteiger partial charge is 0.491 e. The van der Waals surface area contributed by atoms with E-state index in [1.54, 1.807) is 42.5 Å². The van der Waals surface area contributed by atoms with Crippen LogP contribution in [0.1, 0.15) is 87.9 Å². The van der Waals surface area contributed by atoms with Gasteiger partial charge in [-0.3, -0.25) is 9.59 Å². The molecule has 4 aromatic carbocycles. The Hall–Kier alpha value is -4.95. The molecular formula is C49H52Cl3F2N5O5. The van der Waals surface area contributed by atoms with Crippen molar-refractivity contribution in [1.82, 2.24) is 16.0 Å². The van der Waals surface area contributed by atoms with Crippen molar-refractivity contribution in [3.8, 4) is 23.6 Å². The number of nitriles is 2. The molecule has 1 heterocycles. The molecule has 1 aliphatic heterocycles. The minimum atomic E-state index is -1.74. The number of rotatable bonds is 15. The highest BCUT2D eigenvalue weighted by Crippen LogP contribution is 2.56. The summed E-state index contributed by atoms with van der Waals surface area (Å²) < 4.78 is 49.8. The number of carbonyl (C=O) groups is 2. The van der Waals surface area contributed by atoms with Crippen LogP contribution in [-0.4, -0.2) is 62.4 Å². The van der Waals surface area contributed by atoms with E-state index in [0.29, 0.717) is 34.1 Å². The van der Waals surface area contributed by atoms with Gasteiger partial charge in [-0.2, -0.15) is 10.5 Å². The van der Waals surface area contributed by atoms with Crippen LogP contribution in [0, 0.1) is 50.5 Å². The Labute approximate surface area is 388 Å². The number of carbonyl (C=O) groups excluding carboxylic acids is 2. The van der Waals surface area contributed by atoms with Crippen molar-refractivity contribution < 1.29 is 32.6 Å². The maximum atomic E-state index is 15.9. The molecule has 4 aromatic rings. The standard InChI is InChI=1S/C49H52Cl3F2N5O5/c1-46(2,3)25-38-49(27-56,34-18-14-30(50)23-37(34)53)39(33-9-8-10-35(51)40(33)54)41(58-38)43(61)57-19-20-62-21-22-63-31-15-11-28(12-16-31)42(60)59-44-47(4,5)45(48(44,6)7)64-32-17-13-29(26-55)36(52)24-32/h8-18,23-24,38-39,41,44-45,58H,19-22,25H2,1-7H3,(H,57,61)(H,59,60)/t38-,39-,41+,44-,45-,49-/m0/s1. The molecule has 6 rings (SSSR count). The van der Waals surface area contributed by atoms with E-state index in [4.69, 9.17) is 49.0 Å². The quantitative estimate of drug-likeness (QED) is 0.1000. The SMILES string of the molecule is CC(C)(C)C[C@@H]1N[C@@H](C(=O)NCCOCCOc2ccc(C(=O)N[C@H]3C(C)(C)[C@H](Oc4ccc(C#N)c(Cl)c4)C3(C)C)cc2)[C@H](c2cccc(Cl)c2F)[C@@]1(C#N)c1ccc(Cl)cc1F. The molecule has 0 bridgehead atoms. The molecule has 338 valence electrons. The zero-order chi connectivity index (χ0) is 46.8. The van der Waals surface area contributed by atoms with Gasteiger partial charge in [0, 0.05) is 57.6 Å². The molecular weight excluding hydrogens is 883 g/mol. The van der Waals surface area contributed by atoms with E-state index in [9.17, 15) is 20.1 Å². The van der Waals surface area contributed by atoms with Gasteiger partial charge in [0.25, 0.3) is 5.91 Å². The first-order chi connectivity index (χ1) is 30.1. The topological polar surface area (TPSA) is 146 Å². The van der Waals surface area contributed by atoms with Crippen LogP contribution in [0.2, 0.25) is 15.1 Å². The van der Waals surface area contributed by atoms with Crippen LogP contribution in [0.3, 0.4) is 0 Å². The van der Waals surface area contributed by atoms with Gasteiger partial charge in [0.1, 0.15) is 47.3 Å². The van der Waals surface area contributed by atoms with Gasteiger partial charge >= 0.3 is 0 Å². The number of nitrogens with one attached hydrogen (secondary N) is 3. The average Bonchev–Trinajstić information content (AvgIpc) is 3.55. The Kier molecular flexibility index (Phi) is 14.6. The van der Waals surface area contributed by atoms with E-state index in [-0.39, 0.29) is 71.0 Å². The van der Waals surface area contributed by atoms with Crippen LogP contribution in [0.25, 0.3) is 0 Å². The molecule has 2 aliphatic rings. The Bertz CT molecular complexity index is 2450. The highest BCUT2D eigenvalue weighted by molar-refractivity contribution is 6.32. The third-order valence-electron chi connectivity index (χ3n) is 12.3. The second-order valence-electron chi connectivity index (χ2n) is 18.8. The Morgan fingerprint density at radius 2 is 1.55 bits per heavy atom. The monoisotopic (exact) mass is 933 g/mol. The van der Waals surface area contributed by atoms with Gasteiger partial charge in [0.15, 0.2) is 0 Å². The predicted octanol–water partition coefficient (Wildman–Crippen LogP) is 9.94. The fourth-order valence-electron chi connectivity index (χ4n) is 9.75. The number of nitrogens with zero attached hydrogens (tertiary/aromatic N) is 2. The van der Waals surface area contributed by atoms with E-state index >= 15 is 8.78 Å². The molecule has 1 aliphatic carbocycles. The molecule has 2 fully saturated rings. The molecule has 0 aromatic heterocycles. The van der Waals surface area contributed by atoms with Crippen molar-refractivity contribution >= 4 is 46.6 Å². The van der Waals surface area contributed by atoms with Gasteiger partial charge in [-0.25, -0.2) is 8.78 Å². The molecule has 10 nitrogen and oxygen atoms in total. The molecule has 64 heavy (non-hydrogen) atoms. The smallest absolute Gasteiger partial charge is 0.251 e. The second-order valence-corrected chi connectivity index (χ2v) is 20.0. The summed E-state index contributed by atoms with van der Waals surface area (Å²) in [4.78, 5) is 27.4. The van der Waals surface area contributed by atoms with Gasteiger partial charge in [-0.15, -0.1) is 0 Å².